The van der Waals surface area contributed by atoms with E-state index < -0.39 is 12.1 Å². The molecule has 3 aromatic carbocycles. The third-order valence-electron chi connectivity index (χ3n) is 9.16. The van der Waals surface area contributed by atoms with Crippen molar-refractivity contribution in [2.75, 3.05) is 39.9 Å². The van der Waals surface area contributed by atoms with Crippen molar-refractivity contribution in [1.29, 1.82) is 0 Å². The Bertz CT molecular complexity index is 1640. The maximum atomic E-state index is 13.8. The van der Waals surface area contributed by atoms with Crippen LogP contribution in [-0.4, -0.2) is 85.5 Å². The summed E-state index contributed by atoms with van der Waals surface area (Å²) in [5.74, 6) is 1.20. The van der Waals surface area contributed by atoms with Gasteiger partial charge in [0.2, 0.25) is 11.8 Å². The van der Waals surface area contributed by atoms with E-state index in [9.17, 15) is 19.2 Å². The van der Waals surface area contributed by atoms with Gasteiger partial charge >= 0.3 is 0 Å². The quantitative estimate of drug-likeness (QED) is 0.437. The van der Waals surface area contributed by atoms with Gasteiger partial charge in [0.1, 0.15) is 23.4 Å². The maximum absolute atomic E-state index is 13.8. The third-order valence-corrected chi connectivity index (χ3v) is 9.16. The predicted octanol–water partition coefficient (Wildman–Crippen LogP) is 3.94. The topological polar surface area (TPSA) is 127 Å². The van der Waals surface area contributed by atoms with E-state index in [-0.39, 0.29) is 43.2 Å². The molecule has 2 N–H and O–H groups in total. The average Bonchev–Trinajstić information content (AvgIpc) is 3.32. The number of amides is 4. The zero-order valence-electron chi connectivity index (χ0n) is 27.2. The van der Waals surface area contributed by atoms with Crippen LogP contribution in [-0.2, 0) is 20.9 Å². The molecule has 4 heterocycles. The lowest BCUT2D eigenvalue weighted by atomic mass is 9.99. The van der Waals surface area contributed by atoms with Crippen LogP contribution in [0.4, 0.5) is 0 Å². The normalized spacial score (nSPS) is 20.3. The van der Waals surface area contributed by atoms with Crippen molar-refractivity contribution in [2.24, 2.45) is 0 Å². The molecule has 0 aromatic heterocycles. The summed E-state index contributed by atoms with van der Waals surface area (Å²) in [6.07, 6.45) is 3.77. The molecule has 6 bridgehead atoms. The van der Waals surface area contributed by atoms with E-state index >= 15 is 0 Å². The van der Waals surface area contributed by atoms with E-state index in [1.54, 1.807) is 47.2 Å². The number of nitrogens with one attached hydrogen (secondary N) is 2. The number of ether oxygens (including phenoxy) is 3. The van der Waals surface area contributed by atoms with Crippen molar-refractivity contribution in [3.63, 3.8) is 0 Å². The number of hydrogen-bond donors (Lipinski definition) is 2. The number of likely N-dealkylation sites (tertiary alicyclic amines) is 2. The van der Waals surface area contributed by atoms with Gasteiger partial charge in [-0.1, -0.05) is 30.7 Å². The van der Waals surface area contributed by atoms with Crippen molar-refractivity contribution in [1.82, 2.24) is 20.4 Å². The average molecular weight is 655 g/mol. The molecule has 0 saturated carbocycles. The molecule has 0 aliphatic carbocycles. The predicted molar refractivity (Wildman–Crippen MR) is 179 cm³/mol. The third kappa shape index (κ3) is 8.07. The number of methoxy groups -OCH3 is 1. The fraction of sp³-hybridized carbons (Fsp3) is 0.405. The number of benzene rings is 3. The zero-order chi connectivity index (χ0) is 33.5. The monoisotopic (exact) mass is 654 g/mol. The van der Waals surface area contributed by atoms with Crippen LogP contribution in [0.1, 0.15) is 54.4 Å². The molecule has 2 atom stereocenters. The second kappa shape index (κ2) is 15.2. The van der Waals surface area contributed by atoms with Crippen LogP contribution in [0.25, 0.3) is 11.1 Å². The van der Waals surface area contributed by atoms with Crippen LogP contribution in [0.5, 0.6) is 17.2 Å². The van der Waals surface area contributed by atoms with Crippen molar-refractivity contribution in [3.05, 3.63) is 77.9 Å². The molecular weight excluding hydrogens is 612 g/mol. The Labute approximate surface area is 280 Å². The molecule has 0 radical (unpaired) electrons. The van der Waals surface area contributed by atoms with Gasteiger partial charge < -0.3 is 34.6 Å². The summed E-state index contributed by atoms with van der Waals surface area (Å²) in [6.45, 7) is 2.01. The summed E-state index contributed by atoms with van der Waals surface area (Å²) < 4.78 is 17.8. The van der Waals surface area contributed by atoms with E-state index in [1.807, 2.05) is 36.4 Å². The van der Waals surface area contributed by atoms with Crippen LogP contribution in [0.3, 0.4) is 0 Å². The van der Waals surface area contributed by atoms with Gasteiger partial charge in [-0.15, -0.1) is 0 Å². The number of fused-ring (bicyclic) bond motifs is 7. The summed E-state index contributed by atoms with van der Waals surface area (Å²) >= 11 is 0. The van der Waals surface area contributed by atoms with Crippen LogP contribution in [0.2, 0.25) is 0 Å². The minimum absolute atomic E-state index is 0.0496. The maximum Gasteiger partial charge on any atom is 0.258 e. The molecule has 2 saturated heterocycles. The molecular formula is C37H42N4O7. The Morgan fingerprint density at radius 3 is 2.62 bits per heavy atom. The Morgan fingerprint density at radius 1 is 0.938 bits per heavy atom. The molecule has 7 rings (SSSR count). The molecule has 48 heavy (non-hydrogen) atoms. The summed E-state index contributed by atoms with van der Waals surface area (Å²) in [6, 6.07) is 19.4. The Hall–Kier alpha value is -5.06. The Morgan fingerprint density at radius 2 is 1.79 bits per heavy atom. The first-order valence-electron chi connectivity index (χ1n) is 16.7. The van der Waals surface area contributed by atoms with Gasteiger partial charge in [-0.3, -0.25) is 19.2 Å². The minimum Gasteiger partial charge on any atom is -0.496 e. The number of piperidine rings is 1. The number of carbonyl (C=O) groups excluding carboxylic acids is 4. The highest BCUT2D eigenvalue weighted by Crippen LogP contribution is 2.33. The van der Waals surface area contributed by atoms with Gasteiger partial charge in [0.05, 0.1) is 13.2 Å². The molecule has 11 nitrogen and oxygen atoms in total. The van der Waals surface area contributed by atoms with Crippen LogP contribution in [0, 0.1) is 0 Å². The van der Waals surface area contributed by atoms with Gasteiger partial charge in [-0.05, 0) is 66.4 Å². The van der Waals surface area contributed by atoms with Crippen molar-refractivity contribution < 1.29 is 33.4 Å². The molecule has 4 aliphatic rings. The SMILES string of the molecule is COc1ccc2cc1-c1cccc(c1)OCC(=O)NCc1ccc(cc1)O[C@@H]1CCN(C(=O)CCN3CCCCCC3=O)C[C@H]1NC2=O. The summed E-state index contributed by atoms with van der Waals surface area (Å²) in [7, 11) is 1.57. The summed E-state index contributed by atoms with van der Waals surface area (Å²) in [4.78, 5) is 55.9. The molecule has 2 fully saturated rings. The molecule has 4 aliphatic heterocycles. The number of nitrogens with zero attached hydrogens (tertiary/aromatic N) is 2. The van der Waals surface area contributed by atoms with E-state index in [4.69, 9.17) is 14.2 Å². The van der Waals surface area contributed by atoms with Gasteiger partial charge in [0.15, 0.2) is 6.61 Å². The van der Waals surface area contributed by atoms with E-state index in [0.29, 0.717) is 67.4 Å². The molecule has 0 spiro atoms. The fourth-order valence-electron chi connectivity index (χ4n) is 6.44. The number of rotatable bonds is 4. The lowest BCUT2D eigenvalue weighted by molar-refractivity contribution is -0.135. The van der Waals surface area contributed by atoms with Crippen molar-refractivity contribution >= 4 is 23.6 Å². The lowest BCUT2D eigenvalue weighted by Crippen LogP contribution is -2.58. The first-order chi connectivity index (χ1) is 23.4. The number of hydrogen-bond acceptors (Lipinski definition) is 7. The summed E-state index contributed by atoms with van der Waals surface area (Å²) in [5.41, 5.74) is 2.75. The largest absolute Gasteiger partial charge is 0.496 e. The molecule has 3 aromatic rings. The molecule has 11 heteroatoms. The van der Waals surface area contributed by atoms with E-state index in [1.165, 1.54) is 0 Å². The van der Waals surface area contributed by atoms with E-state index in [2.05, 4.69) is 10.6 Å². The lowest BCUT2D eigenvalue weighted by Gasteiger charge is -2.39. The Balaban J connectivity index is 1.26. The first-order valence-corrected chi connectivity index (χ1v) is 16.7. The highest BCUT2D eigenvalue weighted by Gasteiger charge is 2.35. The first kappa shape index (κ1) is 32.9. The van der Waals surface area contributed by atoms with Gasteiger partial charge in [-0.2, -0.15) is 0 Å². The highest BCUT2D eigenvalue weighted by molar-refractivity contribution is 5.96. The van der Waals surface area contributed by atoms with Crippen molar-refractivity contribution in [3.8, 4) is 28.4 Å². The van der Waals surface area contributed by atoms with E-state index in [0.717, 1.165) is 30.4 Å². The smallest absolute Gasteiger partial charge is 0.258 e. The van der Waals surface area contributed by atoms with Crippen LogP contribution < -0.4 is 24.8 Å². The minimum atomic E-state index is -0.498. The van der Waals surface area contributed by atoms with Gasteiger partial charge in [-0.25, -0.2) is 0 Å². The van der Waals surface area contributed by atoms with Crippen LogP contribution in [0.15, 0.2) is 66.7 Å². The second-order valence-electron chi connectivity index (χ2n) is 12.5. The highest BCUT2D eigenvalue weighted by atomic mass is 16.5. The van der Waals surface area contributed by atoms with Crippen molar-refractivity contribution in [2.45, 2.75) is 57.2 Å². The standard InChI is InChI=1S/C37H42N4O7/c1-46-32-14-11-27-21-30(32)26-6-5-7-29(20-26)47-24-34(42)38-22-25-9-12-28(13-10-25)48-33-15-18-41(23-31(33)39-37(27)45)36(44)16-19-40-17-4-2-3-8-35(40)43/h5-7,9-14,20-21,31,33H,2-4,8,15-19,22-24H2,1H3,(H,38,42)(H,39,45)/t31-,33-/m1/s1. The van der Waals surface area contributed by atoms with Gasteiger partial charge in [0.25, 0.3) is 11.8 Å². The number of carbonyl (C=O) groups is 4. The second-order valence-corrected chi connectivity index (χ2v) is 12.5. The molecule has 4 amide bonds. The molecule has 252 valence electrons. The fourth-order valence-corrected chi connectivity index (χ4v) is 6.44. The zero-order valence-corrected chi connectivity index (χ0v) is 27.2. The van der Waals surface area contributed by atoms with Crippen LogP contribution >= 0.6 is 0 Å². The van der Waals surface area contributed by atoms with Gasteiger partial charge in [0, 0.05) is 63.1 Å². The Kier molecular flexibility index (Phi) is 10.4. The molecule has 0 unspecified atom stereocenters. The summed E-state index contributed by atoms with van der Waals surface area (Å²) in [5, 5.41) is 6.04.